The van der Waals surface area contributed by atoms with Crippen LogP contribution < -0.4 is 11.2 Å². The highest BCUT2D eigenvalue weighted by molar-refractivity contribution is 5.79. The van der Waals surface area contributed by atoms with E-state index < -0.39 is 46.6 Å². The summed E-state index contributed by atoms with van der Waals surface area (Å²) < 4.78 is 93.7. The molecule has 2 aromatic heterocycles. The van der Waals surface area contributed by atoms with Crippen molar-refractivity contribution in [2.24, 2.45) is 5.92 Å². The van der Waals surface area contributed by atoms with Gasteiger partial charge in [-0.3, -0.25) is 4.79 Å². The number of nitrogens with zero attached hydrogens (tertiary/aromatic N) is 3. The van der Waals surface area contributed by atoms with Crippen LogP contribution in [0.3, 0.4) is 0 Å². The molecule has 162 valence electrons. The van der Waals surface area contributed by atoms with E-state index in [9.17, 15) is 40.3 Å². The molecule has 0 aliphatic rings. The van der Waals surface area contributed by atoms with Crippen molar-refractivity contribution in [1.82, 2.24) is 19.1 Å². The van der Waals surface area contributed by atoms with Crippen molar-refractivity contribution in [3.63, 3.8) is 0 Å². The number of aromatic amines is 1. The number of nitrogens with one attached hydrogen (secondary N) is 1. The lowest BCUT2D eigenvalue weighted by atomic mass is 10.2. The highest BCUT2D eigenvalue weighted by Crippen LogP contribution is 2.33. The lowest BCUT2D eigenvalue weighted by Crippen LogP contribution is -2.36. The van der Waals surface area contributed by atoms with Gasteiger partial charge in [0.05, 0.1) is 16.7 Å². The molecule has 1 N–H and O–H groups in total. The van der Waals surface area contributed by atoms with E-state index >= 15 is 0 Å². The van der Waals surface area contributed by atoms with Crippen molar-refractivity contribution in [2.45, 2.75) is 32.7 Å². The summed E-state index contributed by atoms with van der Waals surface area (Å²) in [6.07, 6.45) is -9.90. The van der Waals surface area contributed by atoms with Crippen molar-refractivity contribution in [3.05, 3.63) is 56.4 Å². The molecule has 2 heterocycles. The van der Waals surface area contributed by atoms with E-state index in [1.54, 1.807) is 13.8 Å². The number of hydrogen-bond acceptors (Lipinski definition) is 3. The number of fused-ring (bicyclic) bond motifs is 1. The smallest absolute Gasteiger partial charge is 0.320 e. The summed E-state index contributed by atoms with van der Waals surface area (Å²) in [5.41, 5.74) is -6.17. The van der Waals surface area contributed by atoms with Gasteiger partial charge in [-0.2, -0.15) is 26.3 Å². The molecule has 0 unspecified atom stereocenters. The van der Waals surface area contributed by atoms with Gasteiger partial charge >= 0.3 is 18.0 Å². The first-order chi connectivity index (χ1) is 13.7. The summed E-state index contributed by atoms with van der Waals surface area (Å²) in [7, 11) is 0. The summed E-state index contributed by atoms with van der Waals surface area (Å²) in [4.78, 5) is 29.0. The van der Waals surface area contributed by atoms with Crippen molar-refractivity contribution in [3.8, 4) is 5.69 Å². The second-order valence-corrected chi connectivity index (χ2v) is 6.89. The molecule has 30 heavy (non-hydrogen) atoms. The maximum atomic E-state index is 14.5. The zero-order valence-corrected chi connectivity index (χ0v) is 15.3. The summed E-state index contributed by atoms with van der Waals surface area (Å²) in [6, 6.07) is 1.41. The van der Waals surface area contributed by atoms with Gasteiger partial charge < -0.3 is 9.55 Å². The van der Waals surface area contributed by atoms with E-state index in [1.165, 1.54) is 4.98 Å². The number of imidazole rings is 1. The van der Waals surface area contributed by atoms with Crippen LogP contribution in [0.4, 0.5) is 30.7 Å². The number of H-pyrrole nitrogens is 1. The minimum absolute atomic E-state index is 0.0532. The number of benzene rings is 1. The Hall–Kier alpha value is -3.12. The molecule has 6 nitrogen and oxygen atoms in total. The molecule has 3 aromatic rings. The van der Waals surface area contributed by atoms with Crippen molar-refractivity contribution >= 4 is 11.0 Å². The van der Waals surface area contributed by atoms with Crippen LogP contribution in [0.5, 0.6) is 0 Å². The molecule has 3 rings (SSSR count). The molecule has 0 atom stereocenters. The van der Waals surface area contributed by atoms with Gasteiger partial charge in [0.2, 0.25) is 5.82 Å². The number of halogens is 7. The van der Waals surface area contributed by atoms with Gasteiger partial charge in [0.25, 0.3) is 5.56 Å². The van der Waals surface area contributed by atoms with E-state index in [-0.39, 0.29) is 34.1 Å². The molecular weight excluding hydrogens is 425 g/mol. The second kappa shape index (κ2) is 6.99. The molecule has 13 heteroatoms. The first-order valence-electron chi connectivity index (χ1n) is 8.41. The summed E-state index contributed by atoms with van der Waals surface area (Å²) in [6.45, 7) is 3.08. The van der Waals surface area contributed by atoms with E-state index in [0.717, 1.165) is 10.6 Å². The normalized spacial score (nSPS) is 12.9. The van der Waals surface area contributed by atoms with E-state index in [0.29, 0.717) is 6.07 Å². The molecule has 0 saturated carbocycles. The van der Waals surface area contributed by atoms with Crippen molar-refractivity contribution in [2.75, 3.05) is 0 Å². The first kappa shape index (κ1) is 21.6. The highest BCUT2D eigenvalue weighted by Gasteiger charge is 2.38. The zero-order valence-electron chi connectivity index (χ0n) is 15.3. The lowest BCUT2D eigenvalue weighted by molar-refractivity contribution is -0.147. The van der Waals surface area contributed by atoms with Crippen LogP contribution >= 0.6 is 0 Å². The van der Waals surface area contributed by atoms with Gasteiger partial charge in [0.15, 0.2) is 0 Å². The Balaban J connectivity index is 2.33. The van der Waals surface area contributed by atoms with Crippen molar-refractivity contribution in [1.29, 1.82) is 0 Å². The Morgan fingerprint density at radius 3 is 2.17 bits per heavy atom. The maximum Gasteiger partial charge on any atom is 0.449 e. The fourth-order valence-corrected chi connectivity index (χ4v) is 2.95. The van der Waals surface area contributed by atoms with Gasteiger partial charge in [0, 0.05) is 18.7 Å². The predicted octanol–water partition coefficient (Wildman–Crippen LogP) is 3.71. The average Bonchev–Trinajstić information content (AvgIpc) is 2.90. The second-order valence-electron chi connectivity index (χ2n) is 6.89. The van der Waals surface area contributed by atoms with Crippen molar-refractivity contribution < 1.29 is 30.7 Å². The number of alkyl halides is 6. The molecule has 0 spiro atoms. The van der Waals surface area contributed by atoms with Gasteiger partial charge in [-0.15, -0.1) is 0 Å². The minimum atomic E-state index is -5.03. The van der Waals surface area contributed by atoms with Crippen LogP contribution in [0, 0.1) is 11.7 Å². The van der Waals surface area contributed by atoms with Crippen LogP contribution in [0.25, 0.3) is 16.7 Å². The predicted molar refractivity (Wildman–Crippen MR) is 90.8 cm³/mol. The Kier molecular flexibility index (Phi) is 5.03. The standard InChI is InChI=1S/C17H13F7N4O2/c1-7(2)6-27-11-4-10(8(18)3-9(11)25-14(27)17(22,23)24)28-13(29)5-12(16(19,20)21)26-15(28)30/h3-5,7H,6H2,1-2H3,(H,26,30). The third kappa shape index (κ3) is 3.83. The zero-order chi connectivity index (χ0) is 22.6. The number of aromatic nitrogens is 4. The molecule has 0 aliphatic carbocycles. The van der Waals surface area contributed by atoms with Gasteiger partial charge in [-0.25, -0.2) is 18.7 Å². The first-order valence-corrected chi connectivity index (χ1v) is 8.41. The Bertz CT molecular complexity index is 1200. The minimum Gasteiger partial charge on any atom is -0.320 e. The molecule has 0 aliphatic heterocycles. The molecule has 0 saturated heterocycles. The van der Waals surface area contributed by atoms with Crippen LogP contribution in [0.2, 0.25) is 0 Å². The third-order valence-corrected chi connectivity index (χ3v) is 4.10. The number of hydrogen-bond donors (Lipinski definition) is 1. The Labute approximate surface area is 162 Å². The van der Waals surface area contributed by atoms with E-state index in [1.807, 2.05) is 0 Å². The average molecular weight is 438 g/mol. The van der Waals surface area contributed by atoms with E-state index in [4.69, 9.17) is 0 Å². The fourth-order valence-electron chi connectivity index (χ4n) is 2.95. The third-order valence-electron chi connectivity index (χ3n) is 4.10. The van der Waals surface area contributed by atoms with Crippen LogP contribution in [0.1, 0.15) is 25.4 Å². The van der Waals surface area contributed by atoms with Crippen LogP contribution in [0.15, 0.2) is 27.8 Å². The SMILES string of the molecule is CC(C)Cn1c(C(F)(F)F)nc2cc(F)c(-n3c(=O)cc(C(F)(F)F)[nH]c3=O)cc21. The van der Waals surface area contributed by atoms with E-state index in [2.05, 4.69) is 4.98 Å². The molecule has 0 amide bonds. The van der Waals surface area contributed by atoms with Crippen LogP contribution in [-0.2, 0) is 18.9 Å². The molecule has 0 radical (unpaired) electrons. The lowest BCUT2D eigenvalue weighted by Gasteiger charge is -2.14. The molecular formula is C17H13F7N4O2. The summed E-state index contributed by atoms with van der Waals surface area (Å²) in [5, 5.41) is 0. The largest absolute Gasteiger partial charge is 0.449 e. The van der Waals surface area contributed by atoms with Gasteiger partial charge in [0.1, 0.15) is 11.5 Å². The quantitative estimate of drug-likeness (QED) is 0.634. The van der Waals surface area contributed by atoms with Gasteiger partial charge in [-0.05, 0) is 12.0 Å². The topological polar surface area (TPSA) is 72.7 Å². The molecule has 1 aromatic carbocycles. The van der Waals surface area contributed by atoms with Gasteiger partial charge in [-0.1, -0.05) is 13.8 Å². The maximum absolute atomic E-state index is 14.5. The fraction of sp³-hybridized carbons (Fsp3) is 0.353. The Morgan fingerprint density at radius 1 is 1.03 bits per heavy atom. The monoisotopic (exact) mass is 438 g/mol. The van der Waals surface area contributed by atoms with Crippen LogP contribution in [-0.4, -0.2) is 19.1 Å². The molecule has 0 bridgehead atoms. The Morgan fingerprint density at radius 2 is 1.67 bits per heavy atom. The summed E-state index contributed by atoms with van der Waals surface area (Å²) >= 11 is 0. The molecule has 0 fully saturated rings. The summed E-state index contributed by atoms with van der Waals surface area (Å²) in [5.74, 6) is -2.90. The highest BCUT2D eigenvalue weighted by atomic mass is 19.4. The number of rotatable bonds is 3.